The minimum Gasteiger partial charge on any atom is -0.324 e. The van der Waals surface area contributed by atoms with Crippen LogP contribution in [0.4, 0.5) is 0 Å². The van der Waals surface area contributed by atoms with Crippen LogP contribution in [0, 0.1) is 0 Å². The van der Waals surface area contributed by atoms with Gasteiger partial charge in [-0.25, -0.2) is 0 Å². The van der Waals surface area contributed by atoms with Crippen LogP contribution in [-0.4, -0.2) is 9.78 Å². The van der Waals surface area contributed by atoms with Crippen LogP contribution in [0.1, 0.15) is 43.8 Å². The van der Waals surface area contributed by atoms with Crippen molar-refractivity contribution in [3.63, 3.8) is 0 Å². The van der Waals surface area contributed by atoms with Crippen LogP contribution in [0.25, 0.3) is 0 Å². The molecule has 2 N–H and O–H groups in total. The Morgan fingerprint density at radius 1 is 1.67 bits per heavy atom. The number of aromatic nitrogens is 2. The molecule has 3 heteroatoms. The molecule has 0 spiro atoms. The third kappa shape index (κ3) is 1.25. The Bertz CT molecular complexity index is 260. The Balaban J connectivity index is 2.12. The minimum atomic E-state index is 0.110. The average Bonchev–Trinajstić information content (AvgIpc) is 2.32. The van der Waals surface area contributed by atoms with Crippen LogP contribution in [0.2, 0.25) is 0 Å². The third-order valence-electron chi connectivity index (χ3n) is 2.60. The molecule has 1 aromatic rings. The lowest BCUT2D eigenvalue weighted by Crippen LogP contribution is -2.17. The number of nitrogens with two attached hydrogens (primary N) is 1. The highest BCUT2D eigenvalue weighted by Gasteiger charge is 2.20. The summed E-state index contributed by atoms with van der Waals surface area (Å²) in [5.41, 5.74) is 6.87. The fourth-order valence-corrected chi connectivity index (χ4v) is 1.44. The second-order valence-corrected chi connectivity index (χ2v) is 3.63. The first kappa shape index (κ1) is 7.80. The summed E-state index contributed by atoms with van der Waals surface area (Å²) in [7, 11) is 0. The molecule has 2 rings (SSSR count). The fourth-order valence-electron chi connectivity index (χ4n) is 1.44. The standard InChI is InChI=1S/C9H15N3/c1-7(10)8-5-11-12(6-8)9-3-2-4-9/h5-7,9H,2-4,10H2,1H3/t7-/m1/s1. The summed E-state index contributed by atoms with van der Waals surface area (Å²) in [5.74, 6) is 0. The molecular weight excluding hydrogens is 150 g/mol. The summed E-state index contributed by atoms with van der Waals surface area (Å²) in [4.78, 5) is 0. The van der Waals surface area contributed by atoms with Gasteiger partial charge in [0, 0.05) is 17.8 Å². The molecule has 3 nitrogen and oxygen atoms in total. The Hall–Kier alpha value is -0.830. The highest BCUT2D eigenvalue weighted by Crippen LogP contribution is 2.31. The average molecular weight is 165 g/mol. The van der Waals surface area contributed by atoms with Crippen LogP contribution in [0.5, 0.6) is 0 Å². The normalized spacial score (nSPS) is 20.5. The van der Waals surface area contributed by atoms with E-state index in [9.17, 15) is 0 Å². The van der Waals surface area contributed by atoms with Gasteiger partial charge in [-0.3, -0.25) is 4.68 Å². The largest absolute Gasteiger partial charge is 0.324 e. The van der Waals surface area contributed by atoms with Crippen molar-refractivity contribution in [2.24, 2.45) is 5.73 Å². The maximum Gasteiger partial charge on any atom is 0.0537 e. The van der Waals surface area contributed by atoms with Crippen LogP contribution in [-0.2, 0) is 0 Å². The number of hydrogen-bond donors (Lipinski definition) is 1. The quantitative estimate of drug-likeness (QED) is 0.723. The molecule has 1 aliphatic rings. The summed E-state index contributed by atoms with van der Waals surface area (Å²) in [5, 5.41) is 4.30. The van der Waals surface area contributed by atoms with E-state index >= 15 is 0 Å². The molecule has 0 amide bonds. The van der Waals surface area contributed by atoms with Crippen LogP contribution in [0.15, 0.2) is 12.4 Å². The van der Waals surface area contributed by atoms with Crippen molar-refractivity contribution in [2.75, 3.05) is 0 Å². The van der Waals surface area contributed by atoms with Gasteiger partial charge in [0.15, 0.2) is 0 Å². The molecule has 12 heavy (non-hydrogen) atoms. The third-order valence-corrected chi connectivity index (χ3v) is 2.60. The van der Waals surface area contributed by atoms with Crippen molar-refractivity contribution in [1.82, 2.24) is 9.78 Å². The molecule has 0 bridgehead atoms. The first-order valence-electron chi connectivity index (χ1n) is 4.57. The van der Waals surface area contributed by atoms with E-state index in [1.165, 1.54) is 19.3 Å². The first-order valence-corrected chi connectivity index (χ1v) is 4.57. The van der Waals surface area contributed by atoms with Gasteiger partial charge < -0.3 is 5.73 Å². The molecule has 0 aliphatic heterocycles. The second kappa shape index (κ2) is 2.90. The zero-order valence-corrected chi connectivity index (χ0v) is 7.40. The van der Waals surface area contributed by atoms with E-state index in [2.05, 4.69) is 16.0 Å². The summed E-state index contributed by atoms with van der Waals surface area (Å²) in [6, 6.07) is 0.760. The fraction of sp³-hybridized carbons (Fsp3) is 0.667. The lowest BCUT2D eigenvalue weighted by atomic mass is 9.93. The van der Waals surface area contributed by atoms with E-state index in [1.54, 1.807) is 0 Å². The van der Waals surface area contributed by atoms with Gasteiger partial charge in [-0.1, -0.05) is 0 Å². The topological polar surface area (TPSA) is 43.8 Å². The molecular formula is C9H15N3. The molecule has 1 atom stereocenters. The zero-order valence-electron chi connectivity index (χ0n) is 7.40. The highest BCUT2D eigenvalue weighted by molar-refractivity contribution is 5.09. The van der Waals surface area contributed by atoms with E-state index < -0.39 is 0 Å². The maximum absolute atomic E-state index is 5.73. The predicted octanol–water partition coefficient (Wildman–Crippen LogP) is 1.63. The van der Waals surface area contributed by atoms with E-state index in [-0.39, 0.29) is 6.04 Å². The molecule has 1 saturated carbocycles. The molecule has 66 valence electrons. The monoisotopic (exact) mass is 165 g/mol. The van der Waals surface area contributed by atoms with Gasteiger partial charge in [-0.2, -0.15) is 5.10 Å². The smallest absolute Gasteiger partial charge is 0.0537 e. The van der Waals surface area contributed by atoms with Gasteiger partial charge in [0.25, 0.3) is 0 Å². The zero-order chi connectivity index (χ0) is 8.55. The van der Waals surface area contributed by atoms with E-state index in [0.717, 1.165) is 5.56 Å². The SMILES string of the molecule is C[C@@H](N)c1cnn(C2CCC2)c1. The van der Waals surface area contributed by atoms with Gasteiger partial charge in [0.1, 0.15) is 0 Å². The van der Waals surface area contributed by atoms with Crippen molar-refractivity contribution >= 4 is 0 Å². The van der Waals surface area contributed by atoms with Crippen molar-refractivity contribution in [3.8, 4) is 0 Å². The predicted molar refractivity (Wildman–Crippen MR) is 47.7 cm³/mol. The Morgan fingerprint density at radius 3 is 2.83 bits per heavy atom. The summed E-state index contributed by atoms with van der Waals surface area (Å²) < 4.78 is 2.06. The molecule has 1 fully saturated rings. The van der Waals surface area contributed by atoms with E-state index in [4.69, 9.17) is 5.73 Å². The minimum absolute atomic E-state index is 0.110. The first-order chi connectivity index (χ1) is 5.77. The van der Waals surface area contributed by atoms with Gasteiger partial charge in [-0.05, 0) is 26.2 Å². The number of nitrogens with zero attached hydrogens (tertiary/aromatic N) is 2. The lowest BCUT2D eigenvalue weighted by molar-refractivity contribution is 0.289. The van der Waals surface area contributed by atoms with Gasteiger partial charge in [0.2, 0.25) is 0 Å². The van der Waals surface area contributed by atoms with Crippen LogP contribution >= 0.6 is 0 Å². The Kier molecular flexibility index (Phi) is 1.89. The van der Waals surface area contributed by atoms with Gasteiger partial charge in [-0.15, -0.1) is 0 Å². The van der Waals surface area contributed by atoms with Crippen molar-refractivity contribution in [3.05, 3.63) is 18.0 Å². The van der Waals surface area contributed by atoms with Gasteiger partial charge >= 0.3 is 0 Å². The summed E-state index contributed by atoms with van der Waals surface area (Å²) in [6.45, 7) is 1.99. The lowest BCUT2D eigenvalue weighted by Gasteiger charge is -2.25. The molecule has 0 unspecified atom stereocenters. The van der Waals surface area contributed by atoms with Gasteiger partial charge in [0.05, 0.1) is 12.2 Å². The van der Waals surface area contributed by atoms with Crippen molar-refractivity contribution in [1.29, 1.82) is 0 Å². The second-order valence-electron chi connectivity index (χ2n) is 3.63. The summed E-state index contributed by atoms with van der Waals surface area (Å²) in [6.07, 6.45) is 7.86. The Labute approximate surface area is 72.6 Å². The Morgan fingerprint density at radius 2 is 2.42 bits per heavy atom. The van der Waals surface area contributed by atoms with Crippen molar-refractivity contribution < 1.29 is 0 Å². The van der Waals surface area contributed by atoms with E-state index in [1.807, 2.05) is 13.1 Å². The molecule has 1 aliphatic carbocycles. The number of rotatable bonds is 2. The van der Waals surface area contributed by atoms with E-state index in [0.29, 0.717) is 6.04 Å². The molecule has 0 saturated heterocycles. The maximum atomic E-state index is 5.73. The van der Waals surface area contributed by atoms with Crippen molar-refractivity contribution in [2.45, 2.75) is 38.3 Å². The molecule has 1 aromatic heterocycles. The van der Waals surface area contributed by atoms with Crippen LogP contribution in [0.3, 0.4) is 0 Å². The summed E-state index contributed by atoms with van der Waals surface area (Å²) >= 11 is 0. The number of hydrogen-bond acceptors (Lipinski definition) is 2. The molecule has 0 radical (unpaired) electrons. The molecule has 0 aromatic carbocycles. The van der Waals surface area contributed by atoms with Crippen LogP contribution < -0.4 is 5.73 Å². The highest BCUT2D eigenvalue weighted by atomic mass is 15.3. The molecule has 1 heterocycles.